The van der Waals surface area contributed by atoms with Gasteiger partial charge in [-0.25, -0.2) is 4.98 Å². The third-order valence-corrected chi connectivity index (χ3v) is 4.94. The number of carbonyl (C=O) groups is 1. The molecule has 0 atom stereocenters. The van der Waals surface area contributed by atoms with Crippen LogP contribution in [0, 0.1) is 24.2 Å². The Balaban J connectivity index is 1.42. The van der Waals surface area contributed by atoms with Gasteiger partial charge in [0.05, 0.1) is 11.6 Å². The van der Waals surface area contributed by atoms with Gasteiger partial charge in [-0.3, -0.25) is 9.78 Å². The molecule has 0 unspecified atom stereocenters. The van der Waals surface area contributed by atoms with Crippen LogP contribution in [0.15, 0.2) is 55.0 Å². The Morgan fingerprint density at radius 2 is 1.89 bits per heavy atom. The van der Waals surface area contributed by atoms with Crippen molar-refractivity contribution < 1.29 is 4.79 Å². The van der Waals surface area contributed by atoms with Gasteiger partial charge >= 0.3 is 0 Å². The van der Waals surface area contributed by atoms with Gasteiger partial charge in [0.1, 0.15) is 5.82 Å². The van der Waals surface area contributed by atoms with Crippen molar-refractivity contribution in [2.75, 3.05) is 13.1 Å². The number of hydrogen-bond donors (Lipinski definition) is 0. The molecule has 0 N–H and O–H groups in total. The Morgan fingerprint density at radius 1 is 1.19 bits per heavy atom. The summed E-state index contributed by atoms with van der Waals surface area (Å²) >= 11 is 0. The minimum atomic E-state index is 0.0208. The quantitative estimate of drug-likeness (QED) is 0.719. The first-order valence-corrected chi connectivity index (χ1v) is 8.87. The second-order valence-electron chi connectivity index (χ2n) is 6.83. The van der Waals surface area contributed by atoms with Crippen LogP contribution in [0.5, 0.6) is 0 Å². The van der Waals surface area contributed by atoms with Crippen LogP contribution in [0.3, 0.4) is 0 Å². The van der Waals surface area contributed by atoms with Gasteiger partial charge in [0, 0.05) is 61.0 Å². The molecule has 6 nitrogen and oxygen atoms in total. The fourth-order valence-corrected chi connectivity index (χ4v) is 3.40. The van der Waals surface area contributed by atoms with E-state index in [1.54, 1.807) is 36.7 Å². The molecule has 3 heterocycles. The van der Waals surface area contributed by atoms with Crippen LogP contribution in [0.25, 0.3) is 11.4 Å². The lowest BCUT2D eigenvalue weighted by atomic mass is 9.98. The van der Waals surface area contributed by atoms with Crippen LogP contribution in [-0.2, 0) is 6.54 Å². The maximum Gasteiger partial charge on any atom is 0.253 e. The highest BCUT2D eigenvalue weighted by Crippen LogP contribution is 2.25. The summed E-state index contributed by atoms with van der Waals surface area (Å²) in [7, 11) is 0. The first kappa shape index (κ1) is 17.0. The first-order chi connectivity index (χ1) is 13.2. The van der Waals surface area contributed by atoms with Crippen molar-refractivity contribution in [2.45, 2.75) is 13.5 Å². The standard InChI is InChI=1S/C21H19N5O/c1-15-11-24-20(18-6-8-23-9-7-18)26(15)14-17-12-25(13-17)21(27)19-4-2-16(10-22)3-5-19/h2-9,11,17H,12-14H2,1H3. The number of amides is 1. The van der Waals surface area contributed by atoms with E-state index < -0.39 is 0 Å². The fraction of sp³-hybridized carbons (Fsp3) is 0.238. The van der Waals surface area contributed by atoms with Gasteiger partial charge in [-0.15, -0.1) is 0 Å². The number of carbonyl (C=O) groups excluding carboxylic acids is 1. The first-order valence-electron chi connectivity index (χ1n) is 8.87. The van der Waals surface area contributed by atoms with E-state index in [0.29, 0.717) is 17.0 Å². The summed E-state index contributed by atoms with van der Waals surface area (Å²) in [6.45, 7) is 4.34. The lowest BCUT2D eigenvalue weighted by Gasteiger charge is -2.40. The lowest BCUT2D eigenvalue weighted by molar-refractivity contribution is 0.0469. The molecule has 0 radical (unpaired) electrons. The van der Waals surface area contributed by atoms with Gasteiger partial charge in [-0.05, 0) is 43.3 Å². The summed E-state index contributed by atoms with van der Waals surface area (Å²) in [5.74, 6) is 1.36. The van der Waals surface area contributed by atoms with Gasteiger partial charge < -0.3 is 9.47 Å². The molecule has 6 heteroatoms. The molecule has 1 amide bonds. The number of aryl methyl sites for hydroxylation is 1. The molecule has 1 saturated heterocycles. The third-order valence-electron chi connectivity index (χ3n) is 4.94. The van der Waals surface area contributed by atoms with Crippen molar-refractivity contribution in [1.82, 2.24) is 19.4 Å². The van der Waals surface area contributed by atoms with Crippen molar-refractivity contribution >= 4 is 5.91 Å². The van der Waals surface area contributed by atoms with Crippen LogP contribution >= 0.6 is 0 Å². The number of hydrogen-bond acceptors (Lipinski definition) is 4. The molecular formula is C21H19N5O. The lowest BCUT2D eigenvalue weighted by Crippen LogP contribution is -2.51. The molecular weight excluding hydrogens is 338 g/mol. The van der Waals surface area contributed by atoms with E-state index in [2.05, 4.69) is 27.5 Å². The molecule has 1 aliphatic heterocycles. The Bertz CT molecular complexity index is 995. The van der Waals surface area contributed by atoms with E-state index in [1.165, 1.54) is 0 Å². The number of nitriles is 1. The van der Waals surface area contributed by atoms with Gasteiger partial charge in [0.25, 0.3) is 5.91 Å². The molecule has 1 aliphatic rings. The molecule has 27 heavy (non-hydrogen) atoms. The Kier molecular flexibility index (Phi) is 4.43. The summed E-state index contributed by atoms with van der Waals surface area (Å²) in [4.78, 5) is 23.0. The SMILES string of the molecule is Cc1cnc(-c2ccncc2)n1CC1CN(C(=O)c2ccc(C#N)cc2)C1. The minimum absolute atomic E-state index is 0.0208. The minimum Gasteiger partial charge on any atom is -0.338 e. The van der Waals surface area contributed by atoms with E-state index >= 15 is 0 Å². The second kappa shape index (κ2) is 7.04. The van der Waals surface area contributed by atoms with E-state index in [4.69, 9.17) is 5.26 Å². The average molecular weight is 357 g/mol. The van der Waals surface area contributed by atoms with E-state index in [0.717, 1.165) is 36.7 Å². The van der Waals surface area contributed by atoms with Gasteiger partial charge in [-0.2, -0.15) is 5.26 Å². The van der Waals surface area contributed by atoms with Crippen molar-refractivity contribution in [3.63, 3.8) is 0 Å². The number of benzene rings is 1. The van der Waals surface area contributed by atoms with Crippen LogP contribution in [0.1, 0.15) is 21.6 Å². The number of aromatic nitrogens is 3. The Hall–Kier alpha value is -3.46. The molecule has 1 fully saturated rings. The predicted octanol–water partition coefficient (Wildman–Crippen LogP) is 2.90. The zero-order valence-electron chi connectivity index (χ0n) is 15.0. The van der Waals surface area contributed by atoms with Crippen LogP contribution < -0.4 is 0 Å². The topological polar surface area (TPSA) is 74.8 Å². The zero-order chi connectivity index (χ0) is 18.8. The maximum absolute atomic E-state index is 12.5. The normalized spacial score (nSPS) is 13.9. The van der Waals surface area contributed by atoms with E-state index in [1.807, 2.05) is 23.2 Å². The molecule has 0 spiro atoms. The molecule has 2 aromatic heterocycles. The van der Waals surface area contributed by atoms with Crippen molar-refractivity contribution in [2.24, 2.45) is 5.92 Å². The highest BCUT2D eigenvalue weighted by molar-refractivity contribution is 5.94. The fourth-order valence-electron chi connectivity index (χ4n) is 3.40. The Morgan fingerprint density at radius 3 is 2.56 bits per heavy atom. The molecule has 134 valence electrons. The summed E-state index contributed by atoms with van der Waals surface area (Å²) in [5.41, 5.74) is 3.35. The molecule has 3 aromatic rings. The van der Waals surface area contributed by atoms with Crippen molar-refractivity contribution in [1.29, 1.82) is 5.26 Å². The van der Waals surface area contributed by atoms with Crippen LogP contribution in [0.4, 0.5) is 0 Å². The molecule has 1 aromatic carbocycles. The number of likely N-dealkylation sites (tertiary alicyclic amines) is 1. The summed E-state index contributed by atoms with van der Waals surface area (Å²) in [6, 6.07) is 12.8. The maximum atomic E-state index is 12.5. The van der Waals surface area contributed by atoms with E-state index in [9.17, 15) is 4.79 Å². The number of pyridine rings is 1. The third kappa shape index (κ3) is 3.32. The molecule has 0 saturated carbocycles. The number of nitrogens with zero attached hydrogens (tertiary/aromatic N) is 5. The van der Waals surface area contributed by atoms with Crippen LogP contribution in [-0.4, -0.2) is 38.4 Å². The summed E-state index contributed by atoms with van der Waals surface area (Å²) in [6.07, 6.45) is 5.42. The monoisotopic (exact) mass is 357 g/mol. The Labute approximate surface area is 157 Å². The largest absolute Gasteiger partial charge is 0.338 e. The molecule has 0 aliphatic carbocycles. The van der Waals surface area contributed by atoms with E-state index in [-0.39, 0.29) is 5.91 Å². The highest BCUT2D eigenvalue weighted by Gasteiger charge is 2.32. The van der Waals surface area contributed by atoms with Gasteiger partial charge in [0.15, 0.2) is 0 Å². The summed E-state index contributed by atoms with van der Waals surface area (Å²) in [5, 5.41) is 8.86. The van der Waals surface area contributed by atoms with Gasteiger partial charge in [-0.1, -0.05) is 0 Å². The second-order valence-corrected chi connectivity index (χ2v) is 6.83. The highest BCUT2D eigenvalue weighted by atomic mass is 16.2. The van der Waals surface area contributed by atoms with Crippen molar-refractivity contribution in [3.8, 4) is 17.5 Å². The smallest absolute Gasteiger partial charge is 0.253 e. The van der Waals surface area contributed by atoms with Gasteiger partial charge in [0.2, 0.25) is 0 Å². The average Bonchev–Trinajstić information content (AvgIpc) is 3.05. The number of imidazole rings is 1. The predicted molar refractivity (Wildman–Crippen MR) is 101 cm³/mol. The zero-order valence-corrected chi connectivity index (χ0v) is 15.0. The molecule has 4 rings (SSSR count). The summed E-state index contributed by atoms with van der Waals surface area (Å²) < 4.78 is 2.21. The molecule has 0 bridgehead atoms. The van der Waals surface area contributed by atoms with Crippen LogP contribution in [0.2, 0.25) is 0 Å². The van der Waals surface area contributed by atoms with Crippen molar-refractivity contribution in [3.05, 3.63) is 71.8 Å². The number of rotatable bonds is 4.